The molecule has 0 spiro atoms. The van der Waals surface area contributed by atoms with Crippen molar-refractivity contribution in [3.05, 3.63) is 100 Å². The number of halogens is 1. The Labute approximate surface area is 255 Å². The molecular weight excluding hydrogens is 570 g/mol. The summed E-state index contributed by atoms with van der Waals surface area (Å²) in [5.74, 6) is 2.62. The monoisotopic (exact) mass is 603 g/mol. The summed E-state index contributed by atoms with van der Waals surface area (Å²) in [5.41, 5.74) is 3.76. The Morgan fingerprint density at radius 3 is 2.55 bits per heavy atom. The number of anilines is 2. The van der Waals surface area contributed by atoms with Gasteiger partial charge in [0.05, 0.1) is 17.9 Å². The predicted octanol–water partition coefficient (Wildman–Crippen LogP) is 7.73. The second-order valence-electron chi connectivity index (χ2n) is 9.80. The minimum Gasteiger partial charge on any atom is -0.492 e. The zero-order valence-corrected chi connectivity index (χ0v) is 25.5. The van der Waals surface area contributed by atoms with E-state index in [1.807, 2.05) is 86.6 Å². The number of nitrogens with one attached hydrogen (secondary N) is 2. The molecule has 0 aliphatic carbocycles. The standard InChI is InChI=1S/C32H34ClN5O3S/c1-4-6-19-42-32-36-31-34-21(3)28(30(39)35-26-9-7-8-10-27(26)40-5-2)29(38(31)37-32)23-13-17-25(18-14-23)41-20-22-11-15-24(33)16-12-22/h7-18,29H,4-6,19-20H2,1-3H3,(H,35,39)(H,34,36,37). The van der Waals surface area contributed by atoms with Crippen molar-refractivity contribution in [2.75, 3.05) is 23.0 Å². The van der Waals surface area contributed by atoms with Gasteiger partial charge in [0, 0.05) is 16.5 Å². The fourth-order valence-electron chi connectivity index (χ4n) is 4.64. The van der Waals surface area contributed by atoms with Gasteiger partial charge in [0.15, 0.2) is 0 Å². The molecule has 0 bridgehead atoms. The van der Waals surface area contributed by atoms with Crippen molar-refractivity contribution in [1.29, 1.82) is 0 Å². The van der Waals surface area contributed by atoms with E-state index in [1.54, 1.807) is 16.4 Å². The Hall–Kier alpha value is -3.95. The van der Waals surface area contributed by atoms with Gasteiger partial charge in [0.25, 0.3) is 5.91 Å². The minimum atomic E-state index is -0.501. The maximum atomic E-state index is 13.9. The number of amides is 1. The highest BCUT2D eigenvalue weighted by Gasteiger charge is 2.34. The summed E-state index contributed by atoms with van der Waals surface area (Å²) in [6.07, 6.45) is 2.18. The highest BCUT2D eigenvalue weighted by Crippen LogP contribution is 2.38. The van der Waals surface area contributed by atoms with Gasteiger partial charge in [-0.05, 0) is 67.8 Å². The average Bonchev–Trinajstić information content (AvgIpc) is 3.40. The first-order valence-electron chi connectivity index (χ1n) is 14.0. The van der Waals surface area contributed by atoms with Gasteiger partial charge in [-0.25, -0.2) is 4.68 Å². The van der Waals surface area contributed by atoms with Gasteiger partial charge in [0.1, 0.15) is 24.1 Å². The second-order valence-corrected chi connectivity index (χ2v) is 11.3. The van der Waals surface area contributed by atoms with Gasteiger partial charge in [-0.1, -0.05) is 73.1 Å². The van der Waals surface area contributed by atoms with Crippen molar-refractivity contribution < 1.29 is 14.3 Å². The number of aromatic nitrogens is 3. The molecule has 1 aliphatic rings. The number of carbonyl (C=O) groups is 1. The number of ether oxygens (including phenoxy) is 2. The average molecular weight is 604 g/mol. The van der Waals surface area contributed by atoms with Crippen LogP contribution in [0.15, 0.2) is 89.2 Å². The van der Waals surface area contributed by atoms with Crippen molar-refractivity contribution in [1.82, 2.24) is 14.8 Å². The van der Waals surface area contributed by atoms with E-state index in [9.17, 15) is 4.79 Å². The molecule has 0 radical (unpaired) electrons. The molecule has 1 aliphatic heterocycles. The summed E-state index contributed by atoms with van der Waals surface area (Å²) < 4.78 is 13.6. The van der Waals surface area contributed by atoms with Crippen LogP contribution in [0.25, 0.3) is 0 Å². The van der Waals surface area contributed by atoms with Crippen LogP contribution in [0.4, 0.5) is 11.6 Å². The molecule has 218 valence electrons. The topological polar surface area (TPSA) is 90.3 Å². The molecule has 0 fully saturated rings. The summed E-state index contributed by atoms with van der Waals surface area (Å²) in [5, 5.41) is 12.6. The van der Waals surface area contributed by atoms with Gasteiger partial charge in [-0.2, -0.15) is 4.98 Å². The molecule has 4 aromatic rings. The first-order chi connectivity index (χ1) is 20.5. The molecule has 2 heterocycles. The van der Waals surface area contributed by atoms with Crippen LogP contribution in [0.1, 0.15) is 50.8 Å². The van der Waals surface area contributed by atoms with Crippen LogP contribution in [0, 0.1) is 0 Å². The number of thioether (sulfide) groups is 1. The van der Waals surface area contributed by atoms with Gasteiger partial charge in [-0.3, -0.25) is 4.79 Å². The molecule has 2 N–H and O–H groups in total. The largest absolute Gasteiger partial charge is 0.492 e. The molecule has 1 atom stereocenters. The fourth-order valence-corrected chi connectivity index (χ4v) is 5.68. The number of nitrogens with zero attached hydrogens (tertiary/aromatic N) is 3. The quantitative estimate of drug-likeness (QED) is 0.126. The number of hydrogen-bond donors (Lipinski definition) is 2. The molecule has 0 saturated carbocycles. The Kier molecular flexibility index (Phi) is 9.71. The molecule has 1 unspecified atom stereocenters. The van der Waals surface area contributed by atoms with Crippen LogP contribution < -0.4 is 20.1 Å². The summed E-state index contributed by atoms with van der Waals surface area (Å²) >= 11 is 7.62. The number of rotatable bonds is 12. The van der Waals surface area contributed by atoms with Gasteiger partial charge in [0.2, 0.25) is 11.1 Å². The van der Waals surface area contributed by atoms with Crippen LogP contribution >= 0.6 is 23.4 Å². The van der Waals surface area contributed by atoms with E-state index in [0.29, 0.717) is 52.0 Å². The van der Waals surface area contributed by atoms with Crippen LogP contribution in [0.2, 0.25) is 5.02 Å². The maximum absolute atomic E-state index is 13.9. The summed E-state index contributed by atoms with van der Waals surface area (Å²) in [6.45, 7) is 6.88. The third kappa shape index (κ3) is 6.91. The van der Waals surface area contributed by atoms with Crippen LogP contribution in [0.5, 0.6) is 11.5 Å². The number of hydrogen-bond acceptors (Lipinski definition) is 7. The number of unbranched alkanes of at least 4 members (excludes halogenated alkanes) is 1. The Morgan fingerprint density at radius 2 is 1.81 bits per heavy atom. The molecule has 1 aromatic heterocycles. The smallest absolute Gasteiger partial charge is 0.255 e. The van der Waals surface area contributed by atoms with Crippen molar-refractivity contribution >= 4 is 40.9 Å². The van der Waals surface area contributed by atoms with Crippen molar-refractivity contribution in [3.63, 3.8) is 0 Å². The van der Waals surface area contributed by atoms with E-state index in [0.717, 1.165) is 35.5 Å². The van der Waals surface area contributed by atoms with E-state index < -0.39 is 6.04 Å². The molecule has 5 rings (SSSR count). The lowest BCUT2D eigenvalue weighted by atomic mass is 9.95. The SMILES string of the molecule is CCCCSc1nc2n(n1)C(c1ccc(OCc3ccc(Cl)cc3)cc1)C(C(=O)Nc1ccccc1OCC)=C(C)N2. The van der Waals surface area contributed by atoms with E-state index in [-0.39, 0.29) is 5.91 Å². The number of fused-ring (bicyclic) bond motifs is 1. The van der Waals surface area contributed by atoms with E-state index in [1.165, 1.54) is 0 Å². The number of para-hydroxylation sites is 2. The molecule has 8 nitrogen and oxygen atoms in total. The lowest BCUT2D eigenvalue weighted by Crippen LogP contribution is -2.31. The van der Waals surface area contributed by atoms with E-state index in [4.69, 9.17) is 31.2 Å². The van der Waals surface area contributed by atoms with Crippen LogP contribution in [0.3, 0.4) is 0 Å². The Bertz CT molecular complexity index is 1550. The van der Waals surface area contributed by atoms with Crippen molar-refractivity contribution in [2.24, 2.45) is 0 Å². The lowest BCUT2D eigenvalue weighted by molar-refractivity contribution is -0.113. The third-order valence-electron chi connectivity index (χ3n) is 6.76. The number of benzene rings is 3. The van der Waals surface area contributed by atoms with E-state index in [2.05, 4.69) is 17.6 Å². The van der Waals surface area contributed by atoms with Crippen LogP contribution in [-0.2, 0) is 11.4 Å². The predicted molar refractivity (Wildman–Crippen MR) is 169 cm³/mol. The maximum Gasteiger partial charge on any atom is 0.255 e. The first kappa shape index (κ1) is 29.5. The number of allylic oxidation sites excluding steroid dienone is 1. The van der Waals surface area contributed by atoms with Gasteiger partial charge < -0.3 is 20.1 Å². The van der Waals surface area contributed by atoms with Crippen molar-refractivity contribution in [2.45, 2.75) is 51.4 Å². The van der Waals surface area contributed by atoms with Gasteiger partial charge >= 0.3 is 0 Å². The third-order valence-corrected chi connectivity index (χ3v) is 7.93. The lowest BCUT2D eigenvalue weighted by Gasteiger charge is -2.29. The van der Waals surface area contributed by atoms with E-state index >= 15 is 0 Å². The molecule has 10 heteroatoms. The normalized spacial score (nSPS) is 14.2. The molecule has 3 aromatic carbocycles. The fraction of sp³-hybridized carbons (Fsp3) is 0.281. The van der Waals surface area contributed by atoms with Crippen LogP contribution in [-0.4, -0.2) is 33.0 Å². The summed E-state index contributed by atoms with van der Waals surface area (Å²) in [6, 6.07) is 22.3. The zero-order valence-electron chi connectivity index (χ0n) is 23.9. The zero-order chi connectivity index (χ0) is 29.5. The molecular formula is C32H34ClN5O3S. The first-order valence-corrected chi connectivity index (χ1v) is 15.4. The highest BCUT2D eigenvalue weighted by atomic mass is 35.5. The second kappa shape index (κ2) is 13.8. The Balaban J connectivity index is 1.44. The Morgan fingerprint density at radius 1 is 1.05 bits per heavy atom. The summed E-state index contributed by atoms with van der Waals surface area (Å²) in [4.78, 5) is 18.7. The molecule has 0 saturated heterocycles. The molecule has 1 amide bonds. The highest BCUT2D eigenvalue weighted by molar-refractivity contribution is 7.99. The summed E-state index contributed by atoms with van der Waals surface area (Å²) in [7, 11) is 0. The van der Waals surface area contributed by atoms with Crippen molar-refractivity contribution in [3.8, 4) is 11.5 Å². The number of carbonyl (C=O) groups excluding carboxylic acids is 1. The van der Waals surface area contributed by atoms with Gasteiger partial charge in [-0.15, -0.1) is 5.10 Å². The minimum absolute atomic E-state index is 0.249. The molecule has 42 heavy (non-hydrogen) atoms.